The van der Waals surface area contributed by atoms with Crippen molar-refractivity contribution in [3.63, 3.8) is 0 Å². The van der Waals surface area contributed by atoms with Crippen LogP contribution in [0.4, 0.5) is 5.88 Å². The van der Waals surface area contributed by atoms with E-state index in [1.165, 1.54) is 0 Å². The Bertz CT molecular complexity index is 821. The molecule has 1 N–H and O–H groups in total. The molecule has 0 bridgehead atoms. The molecule has 1 aromatic heterocycles. The molecule has 4 nitrogen and oxygen atoms in total. The Balaban J connectivity index is 1.84. The first-order chi connectivity index (χ1) is 10.8. The minimum atomic E-state index is 0.228. The summed E-state index contributed by atoms with van der Waals surface area (Å²) in [5, 5.41) is 12.9. The molecule has 0 aliphatic heterocycles. The van der Waals surface area contributed by atoms with Crippen LogP contribution in [0.3, 0.4) is 0 Å². The highest BCUT2D eigenvalue weighted by molar-refractivity contribution is 6.31. The first-order valence-corrected chi connectivity index (χ1v) is 7.09. The molecule has 0 saturated carbocycles. The number of anilines is 1. The molecule has 0 aliphatic carbocycles. The van der Waals surface area contributed by atoms with Crippen LogP contribution >= 0.6 is 11.6 Å². The van der Waals surface area contributed by atoms with Gasteiger partial charge in [0.1, 0.15) is 6.07 Å². The number of nitrogens with zero attached hydrogens (tertiary/aromatic N) is 2. The fourth-order valence-corrected chi connectivity index (χ4v) is 2.24. The first kappa shape index (κ1) is 14.2. The molecule has 22 heavy (non-hydrogen) atoms. The average molecular weight is 310 g/mol. The summed E-state index contributed by atoms with van der Waals surface area (Å²) < 4.78 is 5.67. The summed E-state index contributed by atoms with van der Waals surface area (Å²) in [6, 6.07) is 19.0. The third-order valence-electron chi connectivity index (χ3n) is 3.15. The van der Waals surface area contributed by atoms with Gasteiger partial charge in [-0.1, -0.05) is 48.0 Å². The zero-order chi connectivity index (χ0) is 15.4. The standard InChI is InChI=1S/C17H12ClN3O/c18-14-9-5-4-8-13(14)11-20-17-15(10-19)21-16(22-17)12-6-2-1-3-7-12/h1-9,20H,11H2. The van der Waals surface area contributed by atoms with E-state index in [2.05, 4.69) is 10.3 Å². The minimum Gasteiger partial charge on any atom is -0.419 e. The van der Waals surface area contributed by atoms with Crippen molar-refractivity contribution in [2.45, 2.75) is 6.54 Å². The predicted molar refractivity (Wildman–Crippen MR) is 85.4 cm³/mol. The summed E-state index contributed by atoms with van der Waals surface area (Å²) in [5.41, 5.74) is 1.97. The van der Waals surface area contributed by atoms with Gasteiger partial charge in [-0.3, -0.25) is 0 Å². The molecule has 3 rings (SSSR count). The van der Waals surface area contributed by atoms with Crippen molar-refractivity contribution < 1.29 is 4.42 Å². The van der Waals surface area contributed by atoms with E-state index >= 15 is 0 Å². The number of nitriles is 1. The number of hydrogen-bond donors (Lipinski definition) is 1. The van der Waals surface area contributed by atoms with Gasteiger partial charge in [-0.15, -0.1) is 0 Å². The number of benzene rings is 2. The van der Waals surface area contributed by atoms with Gasteiger partial charge in [0.05, 0.1) is 0 Å². The molecular formula is C17H12ClN3O. The fraction of sp³-hybridized carbons (Fsp3) is 0.0588. The van der Waals surface area contributed by atoms with Gasteiger partial charge in [0.25, 0.3) is 0 Å². The third-order valence-corrected chi connectivity index (χ3v) is 3.52. The lowest BCUT2D eigenvalue weighted by molar-refractivity contribution is 0.585. The Morgan fingerprint density at radius 1 is 1.09 bits per heavy atom. The van der Waals surface area contributed by atoms with E-state index in [4.69, 9.17) is 16.0 Å². The first-order valence-electron chi connectivity index (χ1n) is 6.71. The largest absolute Gasteiger partial charge is 0.419 e. The van der Waals surface area contributed by atoms with E-state index in [0.717, 1.165) is 11.1 Å². The van der Waals surface area contributed by atoms with E-state index in [1.54, 1.807) is 0 Å². The highest BCUT2D eigenvalue weighted by atomic mass is 35.5. The Kier molecular flexibility index (Phi) is 4.08. The van der Waals surface area contributed by atoms with E-state index < -0.39 is 0 Å². The lowest BCUT2D eigenvalue weighted by Crippen LogP contribution is -2.00. The van der Waals surface area contributed by atoms with Crippen LogP contribution in [-0.2, 0) is 6.54 Å². The normalized spacial score (nSPS) is 10.2. The van der Waals surface area contributed by atoms with E-state index in [0.29, 0.717) is 23.3 Å². The second-order valence-electron chi connectivity index (χ2n) is 4.62. The van der Waals surface area contributed by atoms with E-state index in [1.807, 2.05) is 60.7 Å². The molecule has 2 aromatic carbocycles. The van der Waals surface area contributed by atoms with Crippen LogP contribution in [0, 0.1) is 11.3 Å². The van der Waals surface area contributed by atoms with Crippen LogP contribution in [0.1, 0.15) is 11.3 Å². The molecule has 1 heterocycles. The summed E-state index contributed by atoms with van der Waals surface area (Å²) in [6.45, 7) is 0.456. The molecule has 0 unspecified atom stereocenters. The van der Waals surface area contributed by atoms with Crippen LogP contribution in [0.5, 0.6) is 0 Å². The third kappa shape index (κ3) is 2.95. The van der Waals surface area contributed by atoms with Crippen molar-refractivity contribution in [2.24, 2.45) is 0 Å². The van der Waals surface area contributed by atoms with Gasteiger partial charge in [0.2, 0.25) is 17.5 Å². The molecule has 0 radical (unpaired) electrons. The Morgan fingerprint density at radius 3 is 2.55 bits per heavy atom. The molecule has 0 saturated heterocycles. The summed E-state index contributed by atoms with van der Waals surface area (Å²) in [4.78, 5) is 4.21. The maximum absolute atomic E-state index is 9.19. The maximum atomic E-state index is 9.19. The number of aromatic nitrogens is 1. The Labute approximate surface area is 133 Å². The highest BCUT2D eigenvalue weighted by Gasteiger charge is 2.14. The van der Waals surface area contributed by atoms with Crippen LogP contribution in [-0.4, -0.2) is 4.98 Å². The summed E-state index contributed by atoms with van der Waals surface area (Å²) in [5.74, 6) is 0.764. The Hall–Kier alpha value is -2.77. The second kappa shape index (κ2) is 6.33. The van der Waals surface area contributed by atoms with Gasteiger partial charge < -0.3 is 9.73 Å². The van der Waals surface area contributed by atoms with Gasteiger partial charge in [-0.25, -0.2) is 0 Å². The van der Waals surface area contributed by atoms with Gasteiger partial charge in [0, 0.05) is 17.1 Å². The van der Waals surface area contributed by atoms with E-state index in [-0.39, 0.29) is 5.69 Å². The Morgan fingerprint density at radius 2 is 1.82 bits per heavy atom. The second-order valence-corrected chi connectivity index (χ2v) is 5.03. The van der Waals surface area contributed by atoms with Gasteiger partial charge in [-0.2, -0.15) is 10.2 Å². The number of hydrogen-bond acceptors (Lipinski definition) is 4. The van der Waals surface area contributed by atoms with Crippen LogP contribution in [0.2, 0.25) is 5.02 Å². The molecule has 0 atom stereocenters. The predicted octanol–water partition coefficient (Wildman–Crippen LogP) is 4.48. The lowest BCUT2D eigenvalue weighted by Gasteiger charge is -2.05. The smallest absolute Gasteiger partial charge is 0.232 e. The summed E-state index contributed by atoms with van der Waals surface area (Å²) >= 11 is 6.11. The van der Waals surface area contributed by atoms with Crippen molar-refractivity contribution >= 4 is 17.5 Å². The van der Waals surface area contributed by atoms with Crippen molar-refractivity contribution in [1.82, 2.24) is 4.98 Å². The molecule has 0 spiro atoms. The zero-order valence-corrected chi connectivity index (χ0v) is 12.3. The van der Waals surface area contributed by atoms with E-state index in [9.17, 15) is 5.26 Å². The monoisotopic (exact) mass is 309 g/mol. The quantitative estimate of drug-likeness (QED) is 0.772. The highest BCUT2D eigenvalue weighted by Crippen LogP contribution is 2.26. The average Bonchev–Trinajstić information content (AvgIpc) is 2.98. The van der Waals surface area contributed by atoms with Gasteiger partial charge in [0.15, 0.2) is 0 Å². The van der Waals surface area contributed by atoms with Crippen molar-refractivity contribution in [2.75, 3.05) is 5.32 Å². The molecule has 3 aromatic rings. The maximum Gasteiger partial charge on any atom is 0.232 e. The van der Waals surface area contributed by atoms with Gasteiger partial charge in [-0.05, 0) is 23.8 Å². The molecule has 5 heteroatoms. The van der Waals surface area contributed by atoms with Gasteiger partial charge >= 0.3 is 0 Å². The van der Waals surface area contributed by atoms with Crippen LogP contribution in [0.15, 0.2) is 59.0 Å². The minimum absolute atomic E-state index is 0.228. The number of rotatable bonds is 4. The molecular weight excluding hydrogens is 298 g/mol. The SMILES string of the molecule is N#Cc1nc(-c2ccccc2)oc1NCc1ccccc1Cl. The van der Waals surface area contributed by atoms with Crippen LogP contribution in [0.25, 0.3) is 11.5 Å². The zero-order valence-electron chi connectivity index (χ0n) is 11.6. The molecule has 0 aliphatic rings. The van der Waals surface area contributed by atoms with Crippen molar-refractivity contribution in [3.8, 4) is 17.5 Å². The fourth-order valence-electron chi connectivity index (χ4n) is 2.04. The summed E-state index contributed by atoms with van der Waals surface area (Å²) in [7, 11) is 0. The lowest BCUT2D eigenvalue weighted by atomic mass is 10.2. The molecule has 108 valence electrons. The molecule has 0 amide bonds. The summed E-state index contributed by atoms with van der Waals surface area (Å²) in [6.07, 6.45) is 0. The number of halogens is 1. The topological polar surface area (TPSA) is 61.9 Å². The number of oxazole rings is 1. The molecule has 0 fully saturated rings. The van der Waals surface area contributed by atoms with Crippen molar-refractivity contribution in [1.29, 1.82) is 5.26 Å². The van der Waals surface area contributed by atoms with Crippen LogP contribution < -0.4 is 5.32 Å². The van der Waals surface area contributed by atoms with Crippen molar-refractivity contribution in [3.05, 3.63) is 70.9 Å². The number of nitrogens with one attached hydrogen (secondary N) is 1.